The van der Waals surface area contributed by atoms with Gasteiger partial charge in [-0.25, -0.2) is 17.8 Å². The zero-order valence-electron chi connectivity index (χ0n) is 35.9. The average molecular weight is 856 g/mol. The number of sulfonamides is 1. The molecular formula is C46H62FN9O4S. The maximum Gasteiger partial charge on any atom is 0.247 e. The second kappa shape index (κ2) is 17.1. The van der Waals surface area contributed by atoms with Gasteiger partial charge in [-0.05, 0) is 110 Å². The van der Waals surface area contributed by atoms with Crippen molar-refractivity contribution in [3.05, 3.63) is 82.2 Å². The zero-order chi connectivity index (χ0) is 42.6. The third-order valence-electron chi connectivity index (χ3n) is 14.3. The average Bonchev–Trinajstić information content (AvgIpc) is 3.57. The van der Waals surface area contributed by atoms with Gasteiger partial charge in [0, 0.05) is 99.1 Å². The van der Waals surface area contributed by atoms with Crippen molar-refractivity contribution in [3.8, 4) is 0 Å². The van der Waals surface area contributed by atoms with Crippen LogP contribution in [0.5, 0.6) is 0 Å². The maximum absolute atomic E-state index is 14.8. The van der Waals surface area contributed by atoms with Crippen molar-refractivity contribution in [1.29, 1.82) is 0 Å². The highest BCUT2D eigenvalue weighted by atomic mass is 32.2. The molecule has 5 aliphatic heterocycles. The maximum atomic E-state index is 14.8. The number of carbonyl (C=O) groups excluding carboxylic acids is 2. The van der Waals surface area contributed by atoms with Crippen molar-refractivity contribution in [2.24, 2.45) is 17.8 Å². The fourth-order valence-electron chi connectivity index (χ4n) is 10.8. The first-order chi connectivity index (χ1) is 29.3. The van der Waals surface area contributed by atoms with Gasteiger partial charge in [0.25, 0.3) is 0 Å². The van der Waals surface area contributed by atoms with E-state index in [4.69, 9.17) is 0 Å². The largest absolute Gasteiger partial charge is 0.373 e. The summed E-state index contributed by atoms with van der Waals surface area (Å²) in [4.78, 5) is 30.0. The number of nitrogens with zero attached hydrogens (tertiary/aromatic N) is 3. The molecule has 0 spiro atoms. The van der Waals surface area contributed by atoms with Crippen molar-refractivity contribution >= 4 is 44.6 Å². The van der Waals surface area contributed by atoms with Crippen molar-refractivity contribution in [3.63, 3.8) is 0 Å². The monoisotopic (exact) mass is 855 g/mol. The van der Waals surface area contributed by atoms with Crippen LogP contribution < -0.4 is 36.9 Å². The Morgan fingerprint density at radius 1 is 0.951 bits per heavy atom. The van der Waals surface area contributed by atoms with E-state index in [0.29, 0.717) is 61.6 Å². The summed E-state index contributed by atoms with van der Waals surface area (Å²) in [5.74, 6) is 1.06. The highest BCUT2D eigenvalue weighted by Gasteiger charge is 2.43. The van der Waals surface area contributed by atoms with E-state index in [9.17, 15) is 22.4 Å². The number of para-hydroxylation sites is 1. The van der Waals surface area contributed by atoms with E-state index < -0.39 is 16.1 Å². The number of nitrogens with one attached hydrogen (secondary N) is 6. The smallest absolute Gasteiger partial charge is 0.247 e. The minimum Gasteiger partial charge on any atom is -0.373 e. The molecule has 8 atom stereocenters. The molecule has 6 aliphatic rings. The van der Waals surface area contributed by atoms with E-state index >= 15 is 0 Å². The molecule has 2 amide bonds. The van der Waals surface area contributed by atoms with Crippen molar-refractivity contribution in [2.45, 2.75) is 89.4 Å². The van der Waals surface area contributed by atoms with Gasteiger partial charge >= 0.3 is 0 Å². The first-order valence-corrected chi connectivity index (χ1v) is 24.2. The number of hydrazine groups is 1. The second-order valence-corrected chi connectivity index (χ2v) is 20.7. The fourth-order valence-corrected chi connectivity index (χ4v) is 11.6. The number of rotatable bonds is 12. The number of piperidine rings is 1. The number of halogens is 1. The molecule has 328 valence electrons. The Morgan fingerprint density at radius 3 is 2.48 bits per heavy atom. The van der Waals surface area contributed by atoms with Gasteiger partial charge in [0.15, 0.2) is 0 Å². The highest BCUT2D eigenvalue weighted by molar-refractivity contribution is 7.88. The van der Waals surface area contributed by atoms with Crippen LogP contribution in [0.25, 0.3) is 0 Å². The molecule has 61 heavy (non-hydrogen) atoms. The van der Waals surface area contributed by atoms with E-state index in [2.05, 4.69) is 86.1 Å². The van der Waals surface area contributed by atoms with Gasteiger partial charge in [-0.1, -0.05) is 37.3 Å². The summed E-state index contributed by atoms with van der Waals surface area (Å²) in [6, 6.07) is 15.1. The number of fused-ring (bicyclic) bond motifs is 2. The summed E-state index contributed by atoms with van der Waals surface area (Å²) < 4.78 is 40.7. The Bertz CT molecular complexity index is 2240. The van der Waals surface area contributed by atoms with Crippen LogP contribution in [0.1, 0.15) is 66.3 Å². The van der Waals surface area contributed by atoms with E-state index in [1.54, 1.807) is 6.07 Å². The molecule has 1 aliphatic carbocycles. The van der Waals surface area contributed by atoms with Crippen LogP contribution in [-0.2, 0) is 32.5 Å². The third kappa shape index (κ3) is 8.99. The minimum absolute atomic E-state index is 0.0245. The van der Waals surface area contributed by atoms with Crippen LogP contribution in [0.3, 0.4) is 0 Å². The predicted molar refractivity (Wildman–Crippen MR) is 239 cm³/mol. The summed E-state index contributed by atoms with van der Waals surface area (Å²) in [6.45, 7) is 11.8. The number of benzene rings is 3. The lowest BCUT2D eigenvalue weighted by Crippen LogP contribution is -2.57. The number of amides is 2. The first kappa shape index (κ1) is 42.0. The van der Waals surface area contributed by atoms with Crippen LogP contribution in [0.15, 0.2) is 48.5 Å². The molecule has 3 saturated heterocycles. The van der Waals surface area contributed by atoms with Gasteiger partial charge in [0.1, 0.15) is 17.9 Å². The SMILES string of the molecule is Cc1cccc2c1NC(C(=O)NC(CC1CNN(CC3CC3c3ccc(N4CCN(S(C)(=O)=O)CC4)cc3NC(=O)C3Cc4c(F)ccc(C)c4N3)C1)C1NCCCC1C)C2. The van der Waals surface area contributed by atoms with Crippen LogP contribution in [0.2, 0.25) is 0 Å². The standard InChI is InChI=1S/C46H62FN9O4S/c1-27-7-5-9-31-21-40(50-42(27)31)45(57)53-39(44-28(2)8-6-14-48-44)19-30-24-49-55(25-30)26-32-20-35(32)34-12-11-33(54-15-17-56(18-16-54)61(4,59)60)22-38(34)52-46(58)41-23-36-37(47)13-10-29(3)43(36)51-41/h5,7,9-13,22,28,30,32,35,39-41,44,48-51H,6,8,14-21,23-26H2,1-4H3,(H,52,58)(H,53,57). The van der Waals surface area contributed by atoms with Gasteiger partial charge < -0.3 is 31.5 Å². The Hall–Kier alpha value is -4.28. The first-order valence-electron chi connectivity index (χ1n) is 22.4. The second-order valence-electron chi connectivity index (χ2n) is 18.7. The molecular weight excluding hydrogens is 794 g/mol. The van der Waals surface area contributed by atoms with Gasteiger partial charge in [0.2, 0.25) is 21.8 Å². The quantitative estimate of drug-likeness (QED) is 0.156. The highest BCUT2D eigenvalue weighted by Crippen LogP contribution is 2.51. The number of anilines is 4. The zero-order valence-corrected chi connectivity index (χ0v) is 36.7. The predicted octanol–water partition coefficient (Wildman–Crippen LogP) is 4.34. The number of carbonyl (C=O) groups is 2. The number of aryl methyl sites for hydroxylation is 2. The Kier molecular flexibility index (Phi) is 11.8. The van der Waals surface area contributed by atoms with Crippen LogP contribution in [0, 0.1) is 37.4 Å². The van der Waals surface area contributed by atoms with E-state index in [1.165, 1.54) is 27.8 Å². The van der Waals surface area contributed by atoms with Crippen molar-refractivity contribution in [1.82, 2.24) is 25.4 Å². The number of hydrogen-bond donors (Lipinski definition) is 6. The molecule has 1 saturated carbocycles. The van der Waals surface area contributed by atoms with Crippen molar-refractivity contribution < 1.29 is 22.4 Å². The lowest BCUT2D eigenvalue weighted by molar-refractivity contribution is -0.123. The molecule has 0 radical (unpaired) electrons. The lowest BCUT2D eigenvalue weighted by atomic mass is 9.83. The van der Waals surface area contributed by atoms with Gasteiger partial charge in [-0.3, -0.25) is 15.0 Å². The molecule has 3 aromatic carbocycles. The number of hydrogen-bond acceptors (Lipinski definition) is 10. The Balaban J connectivity index is 0.856. The normalized spacial score (nSPS) is 28.1. The molecule has 0 aromatic heterocycles. The summed E-state index contributed by atoms with van der Waals surface area (Å²) >= 11 is 0. The van der Waals surface area contributed by atoms with Gasteiger partial charge in [0.05, 0.1) is 6.26 Å². The molecule has 9 rings (SSSR count). The molecule has 6 N–H and O–H groups in total. The van der Waals surface area contributed by atoms with E-state index in [1.807, 2.05) is 13.0 Å². The summed E-state index contributed by atoms with van der Waals surface area (Å²) in [6.07, 6.45) is 6.42. The van der Waals surface area contributed by atoms with Crippen LogP contribution in [0.4, 0.5) is 27.1 Å². The lowest BCUT2D eigenvalue weighted by Gasteiger charge is -2.38. The minimum atomic E-state index is -3.27. The summed E-state index contributed by atoms with van der Waals surface area (Å²) in [7, 11) is -3.27. The van der Waals surface area contributed by atoms with Crippen LogP contribution in [-0.4, -0.2) is 112 Å². The summed E-state index contributed by atoms with van der Waals surface area (Å²) in [5, 5.41) is 19.7. The van der Waals surface area contributed by atoms with E-state index in [0.717, 1.165) is 80.1 Å². The van der Waals surface area contributed by atoms with E-state index in [-0.39, 0.29) is 48.1 Å². The molecule has 5 heterocycles. The molecule has 3 aromatic rings. The van der Waals surface area contributed by atoms with Crippen molar-refractivity contribution in [2.75, 3.05) is 79.5 Å². The molecule has 0 bridgehead atoms. The fraction of sp³-hybridized carbons (Fsp3) is 0.565. The Morgan fingerprint density at radius 2 is 1.72 bits per heavy atom. The van der Waals surface area contributed by atoms with Gasteiger partial charge in [-0.2, -0.15) is 4.31 Å². The molecule has 15 heteroatoms. The molecule has 4 fully saturated rings. The third-order valence-corrected chi connectivity index (χ3v) is 15.6. The topological polar surface area (TPSA) is 150 Å². The molecule has 8 unspecified atom stereocenters. The van der Waals surface area contributed by atoms with Gasteiger partial charge in [-0.15, -0.1) is 0 Å². The molecule has 13 nitrogen and oxygen atoms in total. The summed E-state index contributed by atoms with van der Waals surface area (Å²) in [5.41, 5.74) is 12.1. The van der Waals surface area contributed by atoms with Crippen LogP contribution >= 0.6 is 0 Å². The number of piperazine rings is 1. The Labute approximate surface area is 360 Å².